The van der Waals surface area contributed by atoms with Crippen molar-refractivity contribution in [2.45, 2.75) is 104 Å². The van der Waals surface area contributed by atoms with Gasteiger partial charge in [-0.15, -0.1) is 18.9 Å². The van der Waals surface area contributed by atoms with Crippen molar-refractivity contribution in [3.8, 4) is 12.3 Å². The van der Waals surface area contributed by atoms with E-state index >= 15 is 0 Å². The van der Waals surface area contributed by atoms with Crippen LogP contribution in [-0.2, 0) is 35.7 Å². The van der Waals surface area contributed by atoms with Crippen molar-refractivity contribution in [3.63, 3.8) is 0 Å². The van der Waals surface area contributed by atoms with Crippen molar-refractivity contribution in [2.24, 2.45) is 17.3 Å². The first-order valence-corrected chi connectivity index (χ1v) is 18.1. The summed E-state index contributed by atoms with van der Waals surface area (Å²) in [4.78, 5) is 68.7. The number of rotatable bonds is 19. The lowest BCUT2D eigenvalue weighted by atomic mass is 9.80. The Morgan fingerprint density at radius 3 is 2.46 bits per heavy atom. The summed E-state index contributed by atoms with van der Waals surface area (Å²) in [5.41, 5.74) is -0.705. The Morgan fingerprint density at radius 1 is 1.19 bits per heavy atom. The van der Waals surface area contributed by atoms with Gasteiger partial charge in [-0.3, -0.25) is 23.4 Å². The van der Waals surface area contributed by atoms with Crippen LogP contribution in [0.15, 0.2) is 35.5 Å². The van der Waals surface area contributed by atoms with Crippen LogP contribution in [0.25, 0.3) is 0 Å². The number of Topliss-reactive ketones (excluding diaryl/α,β-unsaturated/α-hetero) is 1. The molecule has 1 aromatic rings. The zero-order valence-corrected chi connectivity index (χ0v) is 30.0. The van der Waals surface area contributed by atoms with Gasteiger partial charge in [0.2, 0.25) is 17.6 Å². The first kappa shape index (κ1) is 40.3. The largest absolute Gasteiger partial charge is 0.468 e. The fourth-order valence-electron chi connectivity index (χ4n) is 5.68. The monoisotopic (exact) mass is 687 g/mol. The molecule has 0 spiro atoms. The third kappa shape index (κ3) is 11.4. The Bertz CT molecular complexity index is 1340. The van der Waals surface area contributed by atoms with Crippen LogP contribution in [0.1, 0.15) is 79.4 Å². The number of carbonyl (C=O) groups is 5. The van der Waals surface area contributed by atoms with Crippen LogP contribution in [0.5, 0.6) is 0 Å². The van der Waals surface area contributed by atoms with Gasteiger partial charge >= 0.3 is 6.03 Å². The van der Waals surface area contributed by atoms with E-state index in [-0.39, 0.29) is 49.3 Å². The molecule has 12 nitrogen and oxygen atoms in total. The Morgan fingerprint density at radius 2 is 1.90 bits per heavy atom. The van der Waals surface area contributed by atoms with E-state index in [1.807, 2.05) is 41.5 Å². The van der Waals surface area contributed by atoms with Gasteiger partial charge in [0.15, 0.2) is 0 Å². The average Bonchev–Trinajstić information content (AvgIpc) is 3.73. The SMILES string of the molecule is C#CCCC(NC(=O)C1[C@@H](C(C)C)CCN1C(=O)C(NC(=O)NC(CC)CS(=O)Cc1ccco1)C(C)(C)CC)C(=O)C(=O)NCC=C. The van der Waals surface area contributed by atoms with Crippen LogP contribution < -0.4 is 21.3 Å². The zero-order chi connectivity index (χ0) is 36.0. The lowest BCUT2D eigenvalue weighted by Gasteiger charge is -2.38. The van der Waals surface area contributed by atoms with Crippen molar-refractivity contribution in [2.75, 3.05) is 18.8 Å². The summed E-state index contributed by atoms with van der Waals surface area (Å²) in [5, 5.41) is 10.9. The van der Waals surface area contributed by atoms with Crippen molar-refractivity contribution < 1.29 is 32.6 Å². The Labute approximate surface area is 287 Å². The number of nitrogens with zero attached hydrogens (tertiary/aromatic N) is 1. The Balaban J connectivity index is 2.29. The van der Waals surface area contributed by atoms with Gasteiger partial charge in [0, 0.05) is 42.1 Å². The van der Waals surface area contributed by atoms with Gasteiger partial charge in [0.25, 0.3) is 5.91 Å². The van der Waals surface area contributed by atoms with E-state index in [4.69, 9.17) is 10.8 Å². The maximum absolute atomic E-state index is 14.4. The lowest BCUT2D eigenvalue weighted by molar-refractivity contribution is -0.145. The van der Waals surface area contributed by atoms with Gasteiger partial charge in [0.1, 0.15) is 17.8 Å². The summed E-state index contributed by atoms with van der Waals surface area (Å²) < 4.78 is 18.0. The molecule has 1 aliphatic rings. The van der Waals surface area contributed by atoms with E-state index < -0.39 is 69.9 Å². The molecule has 4 N–H and O–H groups in total. The fraction of sp³-hybridized carbons (Fsp3) is 0.629. The summed E-state index contributed by atoms with van der Waals surface area (Å²) in [6.45, 7) is 15.3. The second-order valence-electron chi connectivity index (χ2n) is 13.2. The molecular formula is C35H53N5O7S. The molecule has 1 saturated heterocycles. The van der Waals surface area contributed by atoms with Gasteiger partial charge in [-0.2, -0.15) is 0 Å². The van der Waals surface area contributed by atoms with Crippen LogP contribution in [0.4, 0.5) is 4.79 Å². The van der Waals surface area contributed by atoms with Crippen LogP contribution in [-0.4, -0.2) is 81.7 Å². The molecule has 6 atom stereocenters. The first-order chi connectivity index (χ1) is 22.7. The molecule has 1 aromatic heterocycles. The maximum Gasteiger partial charge on any atom is 0.315 e. The molecular weight excluding hydrogens is 634 g/mol. The summed E-state index contributed by atoms with van der Waals surface area (Å²) in [5.74, 6) is 0.543. The molecule has 0 aromatic carbocycles. The van der Waals surface area contributed by atoms with E-state index in [1.165, 1.54) is 17.2 Å². The van der Waals surface area contributed by atoms with Crippen LogP contribution >= 0.6 is 0 Å². The number of ketones is 1. The highest BCUT2D eigenvalue weighted by molar-refractivity contribution is 7.84. The van der Waals surface area contributed by atoms with E-state index in [0.717, 1.165) is 0 Å². The topological polar surface area (TPSA) is 167 Å². The zero-order valence-electron chi connectivity index (χ0n) is 29.1. The van der Waals surface area contributed by atoms with Gasteiger partial charge in [-0.1, -0.05) is 47.6 Å². The van der Waals surface area contributed by atoms with Crippen LogP contribution in [0.3, 0.4) is 0 Å². The lowest BCUT2D eigenvalue weighted by Crippen LogP contribution is -2.62. The number of nitrogens with one attached hydrogen (secondary N) is 4. The van der Waals surface area contributed by atoms with Crippen molar-refractivity contribution in [3.05, 3.63) is 36.8 Å². The molecule has 5 unspecified atom stereocenters. The van der Waals surface area contributed by atoms with Gasteiger partial charge in [-0.25, -0.2) is 4.79 Å². The number of hydrogen-bond donors (Lipinski definition) is 4. The van der Waals surface area contributed by atoms with Crippen molar-refractivity contribution in [1.82, 2.24) is 26.2 Å². The Kier molecular flexibility index (Phi) is 16.1. The molecule has 5 amide bonds. The molecule has 266 valence electrons. The highest BCUT2D eigenvalue weighted by Gasteiger charge is 2.48. The van der Waals surface area contributed by atoms with E-state index in [1.54, 1.807) is 12.1 Å². The minimum Gasteiger partial charge on any atom is -0.468 e. The molecule has 1 aliphatic heterocycles. The molecule has 13 heteroatoms. The minimum absolute atomic E-state index is 0.00977. The third-order valence-corrected chi connectivity index (χ3v) is 10.4. The molecule has 48 heavy (non-hydrogen) atoms. The standard InChI is InChI=1S/C35H53N5O7S/c1-9-13-16-27(29(41)32(43)36-18-10-2)38-31(42)28-26(23(5)6)17-19-40(28)33(44)30(35(7,8)12-4)39-34(45)37-24(11-3)21-48(46)22-25-15-14-20-47-25/h1,10,14-15,20,23-24,26-28,30H,2,11-13,16-19,21-22H2,3-8H3,(H,36,43)(H,38,42)(H2,37,39,45)/t24?,26-,27?,28?,30?,48?/m1/s1. The Hall–Kier alpha value is -3.92. The first-order valence-electron chi connectivity index (χ1n) is 16.6. The molecule has 0 radical (unpaired) electrons. The second kappa shape index (κ2) is 19.2. The van der Waals surface area contributed by atoms with Crippen molar-refractivity contribution >= 4 is 40.3 Å². The number of hydrogen-bond acceptors (Lipinski definition) is 7. The molecule has 1 fully saturated rings. The van der Waals surface area contributed by atoms with E-state index in [2.05, 4.69) is 33.8 Å². The normalized spacial score (nSPS) is 18.6. The summed E-state index contributed by atoms with van der Waals surface area (Å²) >= 11 is 0. The highest BCUT2D eigenvalue weighted by atomic mass is 32.2. The van der Waals surface area contributed by atoms with E-state index in [9.17, 15) is 28.2 Å². The molecule has 0 bridgehead atoms. The van der Waals surface area contributed by atoms with Gasteiger partial charge in [0.05, 0.1) is 18.1 Å². The number of amides is 5. The van der Waals surface area contributed by atoms with Crippen LogP contribution in [0.2, 0.25) is 0 Å². The second-order valence-corrected chi connectivity index (χ2v) is 14.7. The van der Waals surface area contributed by atoms with Gasteiger partial charge in [-0.05, 0) is 55.1 Å². The predicted octanol–water partition coefficient (Wildman–Crippen LogP) is 3.05. The summed E-state index contributed by atoms with van der Waals surface area (Å²) in [6, 6.07) is -0.656. The summed E-state index contributed by atoms with van der Waals surface area (Å²) in [6.07, 6.45) is 10.2. The van der Waals surface area contributed by atoms with E-state index in [0.29, 0.717) is 25.0 Å². The number of terminal acetylenes is 1. The quantitative estimate of drug-likeness (QED) is 0.0986. The number of likely N-dealkylation sites (tertiary alicyclic amines) is 1. The summed E-state index contributed by atoms with van der Waals surface area (Å²) in [7, 11) is -1.29. The number of urea groups is 1. The highest BCUT2D eigenvalue weighted by Crippen LogP contribution is 2.34. The predicted molar refractivity (Wildman–Crippen MR) is 186 cm³/mol. The number of furan rings is 1. The average molecular weight is 688 g/mol. The minimum atomic E-state index is -1.29. The maximum atomic E-state index is 14.4. The van der Waals surface area contributed by atoms with Crippen molar-refractivity contribution in [1.29, 1.82) is 0 Å². The molecule has 0 aliphatic carbocycles. The molecule has 2 heterocycles. The number of carbonyl (C=O) groups excluding carboxylic acids is 5. The smallest absolute Gasteiger partial charge is 0.315 e. The van der Waals surface area contributed by atoms with Crippen LogP contribution in [0, 0.1) is 29.6 Å². The molecule has 0 saturated carbocycles. The fourth-order valence-corrected chi connectivity index (χ4v) is 7.05. The van der Waals surface area contributed by atoms with Gasteiger partial charge < -0.3 is 30.6 Å². The third-order valence-electron chi connectivity index (χ3n) is 9.01. The molecule has 2 rings (SSSR count).